The van der Waals surface area contributed by atoms with Crippen molar-refractivity contribution in [2.24, 2.45) is 5.73 Å². The number of rotatable bonds is 4. The predicted octanol–water partition coefficient (Wildman–Crippen LogP) is 2.42. The van der Waals surface area contributed by atoms with Gasteiger partial charge in [-0.1, -0.05) is 12.1 Å². The van der Waals surface area contributed by atoms with E-state index in [1.54, 1.807) is 32.2 Å². The minimum Gasteiger partial charge on any atom is -0.386 e. The molecule has 0 spiro atoms. The zero-order chi connectivity index (χ0) is 20.1. The van der Waals surface area contributed by atoms with Crippen LogP contribution in [0.5, 0.6) is 0 Å². The summed E-state index contributed by atoms with van der Waals surface area (Å²) in [7, 11) is 0. The second kappa shape index (κ2) is 6.65. The van der Waals surface area contributed by atoms with Crippen LogP contribution in [0.1, 0.15) is 29.9 Å². The fourth-order valence-corrected chi connectivity index (χ4v) is 3.57. The number of halogens is 1. The number of pyridine rings is 1. The normalized spacial score (nSPS) is 16.7. The third-order valence-electron chi connectivity index (χ3n) is 5.16. The molecule has 4 rings (SSSR count). The maximum atomic E-state index is 13.9. The Bertz CT molecular complexity index is 1050. The van der Waals surface area contributed by atoms with Crippen LogP contribution in [0.3, 0.4) is 0 Å². The third-order valence-corrected chi connectivity index (χ3v) is 5.16. The van der Waals surface area contributed by atoms with E-state index >= 15 is 0 Å². The zero-order valence-corrected chi connectivity index (χ0v) is 16.1. The fourth-order valence-electron chi connectivity index (χ4n) is 3.57. The monoisotopic (exact) mass is 382 g/mol. The number of nitrogens with two attached hydrogens (primary N) is 1. The fraction of sp³-hybridized carbons (Fsp3) is 0.350. The molecule has 3 heterocycles. The predicted molar refractivity (Wildman–Crippen MR) is 107 cm³/mol. The summed E-state index contributed by atoms with van der Waals surface area (Å²) < 4.78 is 13.9. The van der Waals surface area contributed by atoms with Crippen LogP contribution in [-0.2, 0) is 0 Å². The third kappa shape index (κ3) is 3.25. The molecule has 1 aliphatic heterocycles. The summed E-state index contributed by atoms with van der Waals surface area (Å²) in [4.78, 5) is 6.49. The van der Waals surface area contributed by atoms with E-state index in [0.717, 1.165) is 22.3 Å². The Kier molecular flexibility index (Phi) is 4.40. The van der Waals surface area contributed by atoms with Gasteiger partial charge in [0.2, 0.25) is 0 Å². The van der Waals surface area contributed by atoms with Crippen LogP contribution in [-0.4, -0.2) is 39.0 Å². The Labute approximate surface area is 162 Å². The number of benzene rings is 1. The molecule has 2 aromatic heterocycles. The Hall–Kier alpha value is -2.84. The van der Waals surface area contributed by atoms with E-state index in [9.17, 15) is 9.50 Å². The highest BCUT2D eigenvalue weighted by atomic mass is 19.1. The Morgan fingerprint density at radius 1 is 1.25 bits per heavy atom. The van der Waals surface area contributed by atoms with Gasteiger partial charge in [0.1, 0.15) is 17.8 Å². The van der Waals surface area contributed by atoms with Crippen molar-refractivity contribution >= 4 is 22.4 Å². The number of fused-ring (bicyclic) bond motifs is 1. The number of aryl methyl sites for hydroxylation is 1. The number of hydrogen-bond acceptors (Lipinski definition) is 7. The number of anilines is 2. The topological polar surface area (TPSA) is 100 Å². The smallest absolute Gasteiger partial charge is 0.158 e. The molecule has 4 N–H and O–H groups in total. The van der Waals surface area contributed by atoms with Crippen molar-refractivity contribution in [2.45, 2.75) is 32.5 Å². The Morgan fingerprint density at radius 3 is 2.71 bits per heavy atom. The SMILES string of the molecule is Cc1c(F)cccc1[C@@H](N)Nc1nnc(C)c2cnc(N3CC(C)(O)C3)cc12. The molecule has 0 radical (unpaired) electrons. The van der Waals surface area contributed by atoms with E-state index in [0.29, 0.717) is 30.0 Å². The molecule has 0 bridgehead atoms. The molecular weight excluding hydrogens is 359 g/mol. The molecule has 0 unspecified atom stereocenters. The van der Waals surface area contributed by atoms with Crippen molar-refractivity contribution in [2.75, 3.05) is 23.3 Å². The van der Waals surface area contributed by atoms with Gasteiger partial charge >= 0.3 is 0 Å². The lowest BCUT2D eigenvalue weighted by molar-refractivity contribution is 0.0305. The molecule has 0 saturated carbocycles. The minimum atomic E-state index is -0.693. The molecule has 8 heteroatoms. The first-order chi connectivity index (χ1) is 13.2. The van der Waals surface area contributed by atoms with Crippen LogP contribution in [0.4, 0.5) is 16.0 Å². The lowest BCUT2D eigenvalue weighted by atomic mass is 9.97. The average molecular weight is 382 g/mol. The lowest BCUT2D eigenvalue weighted by Gasteiger charge is -2.45. The van der Waals surface area contributed by atoms with Gasteiger partial charge in [-0.2, -0.15) is 5.10 Å². The molecule has 1 fully saturated rings. The highest BCUT2D eigenvalue weighted by Crippen LogP contribution is 2.31. The van der Waals surface area contributed by atoms with Crippen LogP contribution in [0.2, 0.25) is 0 Å². The molecular formula is C20H23FN6O. The van der Waals surface area contributed by atoms with Crippen LogP contribution < -0.4 is 16.0 Å². The first kappa shape index (κ1) is 18.5. The summed E-state index contributed by atoms with van der Waals surface area (Å²) in [6.07, 6.45) is 1.11. The molecule has 1 saturated heterocycles. The molecule has 146 valence electrons. The zero-order valence-electron chi connectivity index (χ0n) is 16.1. The number of aromatic nitrogens is 3. The van der Waals surface area contributed by atoms with Crippen molar-refractivity contribution in [3.63, 3.8) is 0 Å². The van der Waals surface area contributed by atoms with Crippen LogP contribution >= 0.6 is 0 Å². The van der Waals surface area contributed by atoms with Crippen molar-refractivity contribution in [3.8, 4) is 0 Å². The van der Waals surface area contributed by atoms with E-state index in [2.05, 4.69) is 20.5 Å². The molecule has 1 atom stereocenters. The van der Waals surface area contributed by atoms with Crippen molar-refractivity contribution < 1.29 is 9.50 Å². The highest BCUT2D eigenvalue weighted by molar-refractivity contribution is 5.94. The Balaban J connectivity index is 1.70. The van der Waals surface area contributed by atoms with Gasteiger partial charge in [0.05, 0.1) is 11.3 Å². The maximum absolute atomic E-state index is 13.9. The van der Waals surface area contributed by atoms with Gasteiger partial charge in [-0.15, -0.1) is 5.10 Å². The molecule has 1 aromatic carbocycles. The van der Waals surface area contributed by atoms with Crippen molar-refractivity contribution in [1.29, 1.82) is 0 Å². The summed E-state index contributed by atoms with van der Waals surface area (Å²) in [6.45, 7) is 6.41. The van der Waals surface area contributed by atoms with E-state index < -0.39 is 11.8 Å². The van der Waals surface area contributed by atoms with Crippen LogP contribution in [0.15, 0.2) is 30.5 Å². The van der Waals surface area contributed by atoms with Gasteiger partial charge < -0.3 is 21.1 Å². The van der Waals surface area contributed by atoms with E-state index in [4.69, 9.17) is 5.73 Å². The van der Waals surface area contributed by atoms with Crippen LogP contribution in [0, 0.1) is 19.7 Å². The maximum Gasteiger partial charge on any atom is 0.158 e. The van der Waals surface area contributed by atoms with Gasteiger partial charge in [-0.25, -0.2) is 9.37 Å². The summed E-state index contributed by atoms with van der Waals surface area (Å²) >= 11 is 0. The highest BCUT2D eigenvalue weighted by Gasteiger charge is 2.37. The summed E-state index contributed by atoms with van der Waals surface area (Å²) in [5.74, 6) is 0.962. The van der Waals surface area contributed by atoms with E-state index in [1.165, 1.54) is 6.07 Å². The molecule has 7 nitrogen and oxygen atoms in total. The van der Waals surface area contributed by atoms with Gasteiger partial charge in [0.25, 0.3) is 0 Å². The van der Waals surface area contributed by atoms with Gasteiger partial charge in [0, 0.05) is 30.1 Å². The van der Waals surface area contributed by atoms with Gasteiger partial charge in [-0.3, -0.25) is 0 Å². The number of β-amino-alcohol motifs (C(OH)–C–C–N with tert-alkyl or cyclic N) is 1. The number of nitrogens with zero attached hydrogens (tertiary/aromatic N) is 4. The quantitative estimate of drug-likeness (QED) is 0.596. The number of hydrogen-bond donors (Lipinski definition) is 3. The Morgan fingerprint density at radius 2 is 2.00 bits per heavy atom. The molecule has 1 aliphatic rings. The summed E-state index contributed by atoms with van der Waals surface area (Å²) in [5, 5.41) is 23.3. The minimum absolute atomic E-state index is 0.300. The molecule has 0 amide bonds. The largest absolute Gasteiger partial charge is 0.386 e. The van der Waals surface area contributed by atoms with Crippen LogP contribution in [0.25, 0.3) is 10.8 Å². The molecule has 3 aromatic rings. The van der Waals surface area contributed by atoms with Crippen molar-refractivity contribution in [1.82, 2.24) is 15.2 Å². The second-order valence-electron chi connectivity index (χ2n) is 7.65. The summed E-state index contributed by atoms with van der Waals surface area (Å²) in [6, 6.07) is 6.75. The first-order valence-corrected chi connectivity index (χ1v) is 9.13. The first-order valence-electron chi connectivity index (χ1n) is 9.13. The number of aliphatic hydroxyl groups is 1. The number of nitrogens with one attached hydrogen (secondary N) is 1. The second-order valence-corrected chi connectivity index (χ2v) is 7.65. The lowest BCUT2D eigenvalue weighted by Crippen LogP contribution is -2.60. The van der Waals surface area contributed by atoms with E-state index in [1.807, 2.05) is 17.9 Å². The van der Waals surface area contributed by atoms with Gasteiger partial charge in [-0.05, 0) is 44.0 Å². The summed E-state index contributed by atoms with van der Waals surface area (Å²) in [5.41, 5.74) is 7.51. The van der Waals surface area contributed by atoms with Crippen molar-refractivity contribution in [3.05, 3.63) is 53.1 Å². The molecule has 0 aliphatic carbocycles. The average Bonchev–Trinajstić information content (AvgIpc) is 2.64. The van der Waals surface area contributed by atoms with Gasteiger partial charge in [0.15, 0.2) is 5.82 Å². The van der Waals surface area contributed by atoms with E-state index in [-0.39, 0.29) is 5.82 Å². The standard InChI is InChI=1S/C20H23FN6O/c1-11-13(5-4-6-16(11)21)18(22)24-19-14-7-17(27-9-20(3,28)10-27)23-8-15(14)12(2)25-26-19/h4-8,18,28H,9-10,22H2,1-3H3,(H,24,26)/t18-/m0/s1. The molecule has 28 heavy (non-hydrogen) atoms.